The van der Waals surface area contributed by atoms with Crippen molar-refractivity contribution in [2.75, 3.05) is 6.61 Å². The van der Waals surface area contributed by atoms with Gasteiger partial charge in [0.1, 0.15) is 11.3 Å². The molecular formula is C20H26BrNO3. The van der Waals surface area contributed by atoms with E-state index in [-0.39, 0.29) is 23.5 Å². The van der Waals surface area contributed by atoms with Crippen molar-refractivity contribution in [1.82, 2.24) is 5.32 Å². The van der Waals surface area contributed by atoms with Crippen molar-refractivity contribution < 1.29 is 14.3 Å². The summed E-state index contributed by atoms with van der Waals surface area (Å²) in [6.07, 6.45) is 3.55. The number of carbonyl (C=O) groups is 2. The molecule has 0 aromatic heterocycles. The molecule has 5 heteroatoms. The van der Waals surface area contributed by atoms with Crippen molar-refractivity contribution in [2.24, 2.45) is 17.8 Å². The Hall–Kier alpha value is -1.36. The van der Waals surface area contributed by atoms with Gasteiger partial charge in [0, 0.05) is 21.9 Å². The summed E-state index contributed by atoms with van der Waals surface area (Å²) in [5, 5.41) is 3.09. The number of piperidine rings is 1. The third-order valence-corrected chi connectivity index (χ3v) is 6.35. The van der Waals surface area contributed by atoms with Gasteiger partial charge in [-0.05, 0) is 37.0 Å². The molecule has 25 heavy (non-hydrogen) atoms. The van der Waals surface area contributed by atoms with Gasteiger partial charge >= 0.3 is 0 Å². The lowest BCUT2D eigenvalue weighted by molar-refractivity contribution is -0.146. The molecule has 4 unspecified atom stereocenters. The standard InChI is InChI=1S/C20H26BrNO3/c1-12-5-4-9-20(18(23)13(2)14(3)19(24)22-20)16-11-15(21)6-7-17(16)25-10-8-12/h6-7,11-14H,4-5,8-10H2,1-3H3,(H,22,24). The third kappa shape index (κ3) is 3.35. The Bertz CT molecular complexity index is 690. The number of Topliss-reactive ketones (excluding diaryl/α,β-unsaturated/α-hetero) is 1. The Morgan fingerprint density at radius 2 is 1.92 bits per heavy atom. The average molecular weight is 408 g/mol. The average Bonchev–Trinajstić information content (AvgIpc) is 2.58. The van der Waals surface area contributed by atoms with E-state index < -0.39 is 5.54 Å². The minimum absolute atomic E-state index is 0.0527. The monoisotopic (exact) mass is 407 g/mol. The largest absolute Gasteiger partial charge is 0.493 e. The number of nitrogens with one attached hydrogen (secondary N) is 1. The Morgan fingerprint density at radius 1 is 1.16 bits per heavy atom. The number of fused-ring (bicyclic) bond motifs is 2. The van der Waals surface area contributed by atoms with Gasteiger partial charge < -0.3 is 10.1 Å². The third-order valence-electron chi connectivity index (χ3n) is 5.85. The summed E-state index contributed by atoms with van der Waals surface area (Å²) in [6.45, 7) is 6.53. The van der Waals surface area contributed by atoms with Gasteiger partial charge in [-0.15, -0.1) is 0 Å². The van der Waals surface area contributed by atoms with Crippen molar-refractivity contribution in [2.45, 2.75) is 52.0 Å². The first kappa shape index (κ1) is 18.4. The molecule has 1 aromatic carbocycles. The lowest BCUT2D eigenvalue weighted by atomic mass is 9.69. The molecule has 4 nitrogen and oxygen atoms in total. The van der Waals surface area contributed by atoms with Crippen LogP contribution in [-0.4, -0.2) is 18.3 Å². The highest BCUT2D eigenvalue weighted by molar-refractivity contribution is 9.10. The van der Waals surface area contributed by atoms with Crippen LogP contribution in [0, 0.1) is 17.8 Å². The Kier molecular flexibility index (Phi) is 5.24. The van der Waals surface area contributed by atoms with Crippen LogP contribution in [0.25, 0.3) is 0 Å². The number of ether oxygens (including phenoxy) is 1. The SMILES string of the molecule is CC1CCCC2(NC(=O)C(C)C(C)C2=O)c2cc(Br)ccc2OCC1. The number of carbonyl (C=O) groups excluding carboxylic acids is 2. The van der Waals surface area contributed by atoms with E-state index in [1.807, 2.05) is 32.0 Å². The van der Waals surface area contributed by atoms with Gasteiger partial charge in [0.25, 0.3) is 0 Å². The first-order chi connectivity index (χ1) is 11.8. The molecule has 0 saturated carbocycles. The van der Waals surface area contributed by atoms with E-state index in [2.05, 4.69) is 28.2 Å². The predicted octanol–water partition coefficient (Wildman–Crippen LogP) is 4.20. The first-order valence-electron chi connectivity index (χ1n) is 9.14. The molecule has 2 aliphatic heterocycles. The fourth-order valence-electron chi connectivity index (χ4n) is 3.94. The van der Waals surface area contributed by atoms with E-state index in [9.17, 15) is 9.59 Å². The molecule has 1 fully saturated rings. The maximum absolute atomic E-state index is 13.4. The number of benzene rings is 1. The van der Waals surface area contributed by atoms with E-state index >= 15 is 0 Å². The van der Waals surface area contributed by atoms with Crippen molar-refractivity contribution in [3.63, 3.8) is 0 Å². The van der Waals surface area contributed by atoms with Gasteiger partial charge in [0.2, 0.25) is 5.91 Å². The van der Waals surface area contributed by atoms with Crippen LogP contribution in [-0.2, 0) is 15.1 Å². The Balaban J connectivity index is 2.14. The molecule has 1 N–H and O–H groups in total. The van der Waals surface area contributed by atoms with Gasteiger partial charge in [-0.2, -0.15) is 0 Å². The number of ketones is 1. The fourth-order valence-corrected chi connectivity index (χ4v) is 4.30. The van der Waals surface area contributed by atoms with E-state index in [1.54, 1.807) is 0 Å². The molecule has 1 saturated heterocycles. The summed E-state index contributed by atoms with van der Waals surface area (Å²) >= 11 is 3.51. The van der Waals surface area contributed by atoms with Crippen molar-refractivity contribution in [3.05, 3.63) is 28.2 Å². The maximum atomic E-state index is 13.4. The predicted molar refractivity (Wildman–Crippen MR) is 100 cm³/mol. The molecule has 136 valence electrons. The summed E-state index contributed by atoms with van der Waals surface area (Å²) in [5.74, 6) is 0.677. The Labute approximate surface area is 157 Å². The second kappa shape index (κ2) is 7.10. The van der Waals surface area contributed by atoms with Crippen LogP contribution in [0.3, 0.4) is 0 Å². The quantitative estimate of drug-likeness (QED) is 0.700. The number of amides is 1. The first-order valence-corrected chi connectivity index (χ1v) is 9.93. The van der Waals surface area contributed by atoms with Crippen LogP contribution in [0.5, 0.6) is 5.75 Å². The molecule has 0 bridgehead atoms. The van der Waals surface area contributed by atoms with E-state index in [4.69, 9.17) is 4.74 Å². The van der Waals surface area contributed by atoms with Crippen LogP contribution in [0.15, 0.2) is 22.7 Å². The molecular weight excluding hydrogens is 382 g/mol. The number of halogens is 1. The summed E-state index contributed by atoms with van der Waals surface area (Å²) in [6, 6.07) is 5.75. The van der Waals surface area contributed by atoms with Crippen LogP contribution < -0.4 is 10.1 Å². The molecule has 1 amide bonds. The fraction of sp³-hybridized carbons (Fsp3) is 0.600. The highest BCUT2D eigenvalue weighted by Gasteiger charge is 2.51. The normalized spacial score (nSPS) is 33.4. The highest BCUT2D eigenvalue weighted by Crippen LogP contribution is 2.43. The molecule has 0 radical (unpaired) electrons. The van der Waals surface area contributed by atoms with Crippen molar-refractivity contribution >= 4 is 27.6 Å². The zero-order chi connectivity index (χ0) is 18.2. The summed E-state index contributed by atoms with van der Waals surface area (Å²) in [5.41, 5.74) is -0.201. The number of hydrogen-bond donors (Lipinski definition) is 1. The van der Waals surface area contributed by atoms with Crippen LogP contribution in [0.1, 0.15) is 52.0 Å². The summed E-state index contributed by atoms with van der Waals surface area (Å²) in [7, 11) is 0. The molecule has 0 aliphatic carbocycles. The zero-order valence-electron chi connectivity index (χ0n) is 15.1. The second-order valence-corrected chi connectivity index (χ2v) is 8.53. The van der Waals surface area contributed by atoms with Crippen molar-refractivity contribution in [3.8, 4) is 5.75 Å². The number of rotatable bonds is 0. The summed E-state index contributed by atoms with van der Waals surface area (Å²) in [4.78, 5) is 26.0. The smallest absolute Gasteiger partial charge is 0.224 e. The minimum atomic E-state index is -0.987. The minimum Gasteiger partial charge on any atom is -0.493 e. The molecule has 2 heterocycles. The van der Waals surface area contributed by atoms with Crippen LogP contribution in [0.4, 0.5) is 0 Å². The lowest BCUT2D eigenvalue weighted by Crippen LogP contribution is -2.61. The van der Waals surface area contributed by atoms with E-state index in [0.29, 0.717) is 24.7 Å². The lowest BCUT2D eigenvalue weighted by Gasteiger charge is -2.43. The molecule has 3 rings (SSSR count). The molecule has 2 aliphatic rings. The zero-order valence-corrected chi connectivity index (χ0v) is 16.7. The van der Waals surface area contributed by atoms with Crippen LogP contribution in [0.2, 0.25) is 0 Å². The highest BCUT2D eigenvalue weighted by atomic mass is 79.9. The molecule has 1 aromatic rings. The van der Waals surface area contributed by atoms with Gasteiger partial charge in [-0.25, -0.2) is 0 Å². The van der Waals surface area contributed by atoms with Crippen LogP contribution >= 0.6 is 15.9 Å². The summed E-state index contributed by atoms with van der Waals surface area (Å²) < 4.78 is 6.92. The Morgan fingerprint density at radius 3 is 2.68 bits per heavy atom. The molecule has 1 spiro atoms. The van der Waals surface area contributed by atoms with Gasteiger partial charge in [0.05, 0.1) is 6.61 Å². The van der Waals surface area contributed by atoms with Gasteiger partial charge in [-0.1, -0.05) is 49.5 Å². The molecule has 4 atom stereocenters. The second-order valence-electron chi connectivity index (χ2n) is 7.61. The van der Waals surface area contributed by atoms with E-state index in [1.165, 1.54) is 0 Å². The maximum Gasteiger partial charge on any atom is 0.224 e. The number of hydrogen-bond acceptors (Lipinski definition) is 3. The van der Waals surface area contributed by atoms with E-state index in [0.717, 1.165) is 29.3 Å². The topological polar surface area (TPSA) is 55.4 Å². The van der Waals surface area contributed by atoms with Gasteiger partial charge in [0.15, 0.2) is 5.78 Å². The van der Waals surface area contributed by atoms with Crippen molar-refractivity contribution in [1.29, 1.82) is 0 Å². The van der Waals surface area contributed by atoms with Gasteiger partial charge in [-0.3, -0.25) is 9.59 Å².